The van der Waals surface area contributed by atoms with Crippen LogP contribution < -0.4 is 10.6 Å². The number of guanidine groups is 1. The molecule has 160 valence electrons. The number of benzene rings is 1. The third kappa shape index (κ3) is 8.31. The number of ether oxygens (including phenoxy) is 1. The monoisotopic (exact) mass is 514 g/mol. The number of aliphatic hydroxyl groups is 1. The van der Waals surface area contributed by atoms with Crippen LogP contribution >= 0.6 is 24.0 Å². The van der Waals surface area contributed by atoms with E-state index in [1.165, 1.54) is 18.4 Å². The van der Waals surface area contributed by atoms with Gasteiger partial charge in [0.15, 0.2) is 5.96 Å². The minimum atomic E-state index is -0.567. The van der Waals surface area contributed by atoms with Gasteiger partial charge < -0.3 is 24.9 Å². The Kier molecular flexibility index (Phi) is 9.89. The Hall–Kier alpha value is -1.65. The zero-order valence-electron chi connectivity index (χ0n) is 17.1. The van der Waals surface area contributed by atoms with Gasteiger partial charge in [0.05, 0.1) is 19.3 Å². The van der Waals surface area contributed by atoms with Gasteiger partial charge in [0.1, 0.15) is 12.0 Å². The van der Waals surface area contributed by atoms with E-state index in [0.29, 0.717) is 37.5 Å². The number of oxazole rings is 1. The highest BCUT2D eigenvalue weighted by atomic mass is 127. The highest BCUT2D eigenvalue weighted by Gasteiger charge is 2.21. The molecule has 0 amide bonds. The van der Waals surface area contributed by atoms with E-state index in [1.54, 1.807) is 6.26 Å². The molecule has 1 unspecified atom stereocenters. The summed E-state index contributed by atoms with van der Waals surface area (Å²) in [6.45, 7) is 6.63. The summed E-state index contributed by atoms with van der Waals surface area (Å²) in [5, 5.41) is 16.3. The highest BCUT2D eigenvalue weighted by Crippen LogP contribution is 2.28. The molecule has 0 spiro atoms. The fourth-order valence-corrected chi connectivity index (χ4v) is 2.64. The summed E-state index contributed by atoms with van der Waals surface area (Å²) in [4.78, 5) is 9.02. The van der Waals surface area contributed by atoms with Gasteiger partial charge in [-0.3, -0.25) is 0 Å². The Morgan fingerprint density at radius 1 is 1.31 bits per heavy atom. The van der Waals surface area contributed by atoms with Gasteiger partial charge in [-0.2, -0.15) is 0 Å². The van der Waals surface area contributed by atoms with Crippen LogP contribution in [0.1, 0.15) is 31.0 Å². The van der Waals surface area contributed by atoms with Gasteiger partial charge in [-0.25, -0.2) is 9.98 Å². The summed E-state index contributed by atoms with van der Waals surface area (Å²) in [6.07, 6.45) is 3.56. The van der Waals surface area contributed by atoms with Crippen molar-refractivity contribution in [3.63, 3.8) is 0 Å². The van der Waals surface area contributed by atoms with Crippen molar-refractivity contribution in [3.05, 3.63) is 41.8 Å². The third-order valence-corrected chi connectivity index (χ3v) is 4.46. The fourth-order valence-electron chi connectivity index (χ4n) is 2.64. The van der Waals surface area contributed by atoms with Crippen molar-refractivity contribution in [2.75, 3.05) is 26.3 Å². The molecule has 0 radical (unpaired) electrons. The minimum Gasteiger partial charge on any atom is -0.444 e. The van der Waals surface area contributed by atoms with E-state index in [1.807, 2.05) is 38.1 Å². The largest absolute Gasteiger partial charge is 0.444 e. The number of aryl methyl sites for hydroxylation is 1. The molecule has 3 rings (SSSR count). The van der Waals surface area contributed by atoms with Crippen LogP contribution in [0.25, 0.3) is 11.5 Å². The van der Waals surface area contributed by atoms with Crippen molar-refractivity contribution >= 4 is 29.9 Å². The zero-order chi connectivity index (χ0) is 19.8. The van der Waals surface area contributed by atoms with Crippen molar-refractivity contribution in [1.29, 1.82) is 0 Å². The molecule has 1 saturated carbocycles. The fraction of sp³-hybridized carbons (Fsp3) is 0.524. The Labute approximate surface area is 189 Å². The van der Waals surface area contributed by atoms with Crippen LogP contribution in [0.3, 0.4) is 0 Å². The van der Waals surface area contributed by atoms with E-state index in [0.717, 1.165) is 24.4 Å². The van der Waals surface area contributed by atoms with Crippen LogP contribution in [0.5, 0.6) is 0 Å². The van der Waals surface area contributed by atoms with E-state index in [-0.39, 0.29) is 24.0 Å². The van der Waals surface area contributed by atoms with Gasteiger partial charge in [0, 0.05) is 25.3 Å². The van der Waals surface area contributed by atoms with E-state index in [2.05, 4.69) is 20.6 Å². The quantitative estimate of drug-likeness (QED) is 0.257. The smallest absolute Gasteiger partial charge is 0.226 e. The second-order valence-electron chi connectivity index (χ2n) is 7.22. The second-order valence-corrected chi connectivity index (χ2v) is 7.22. The van der Waals surface area contributed by atoms with Crippen molar-refractivity contribution in [1.82, 2.24) is 15.6 Å². The first-order chi connectivity index (χ1) is 13.6. The molecule has 1 heterocycles. The van der Waals surface area contributed by atoms with Gasteiger partial charge in [-0.1, -0.05) is 17.7 Å². The standard InChI is InChI=1S/C21H30N4O3.HI/c1-3-22-21(24-11-19(26)14-27-12-16-6-7-16)23-10-18-13-28-20(25-18)17-8-4-15(2)5-9-17;/h4-5,8-9,13,16,19,26H,3,6-7,10-12,14H2,1-2H3,(H2,22,23,24);1H. The number of hydrogen-bond acceptors (Lipinski definition) is 5. The lowest BCUT2D eigenvalue weighted by molar-refractivity contribution is 0.0345. The van der Waals surface area contributed by atoms with Gasteiger partial charge >= 0.3 is 0 Å². The molecule has 7 nitrogen and oxygen atoms in total. The molecule has 29 heavy (non-hydrogen) atoms. The molecule has 2 aromatic rings. The van der Waals surface area contributed by atoms with Gasteiger partial charge in [0.2, 0.25) is 5.89 Å². The highest BCUT2D eigenvalue weighted by molar-refractivity contribution is 14.0. The maximum atomic E-state index is 10.0. The SMILES string of the molecule is CCNC(=NCc1coc(-c2ccc(C)cc2)n1)NCC(O)COCC1CC1.I. The van der Waals surface area contributed by atoms with Crippen molar-refractivity contribution < 1.29 is 14.3 Å². The van der Waals surface area contributed by atoms with Crippen molar-refractivity contribution in [2.24, 2.45) is 10.9 Å². The van der Waals surface area contributed by atoms with E-state index in [9.17, 15) is 5.11 Å². The molecule has 0 bridgehead atoms. The number of aliphatic imine (C=N–C) groups is 1. The Morgan fingerprint density at radius 2 is 2.07 bits per heavy atom. The molecule has 3 N–H and O–H groups in total. The average Bonchev–Trinajstić information content (AvgIpc) is 3.39. The normalized spacial score (nSPS) is 14.9. The van der Waals surface area contributed by atoms with Crippen LogP contribution in [-0.4, -0.2) is 48.5 Å². The summed E-state index contributed by atoms with van der Waals surface area (Å²) in [6, 6.07) is 8.05. The summed E-state index contributed by atoms with van der Waals surface area (Å²) < 4.78 is 11.1. The van der Waals surface area contributed by atoms with Crippen LogP contribution in [0.15, 0.2) is 39.9 Å². The van der Waals surface area contributed by atoms with Crippen molar-refractivity contribution in [3.8, 4) is 11.5 Å². The number of hydrogen-bond donors (Lipinski definition) is 3. The molecule has 1 aromatic heterocycles. The van der Waals surface area contributed by atoms with Gasteiger partial charge in [-0.05, 0) is 44.7 Å². The Balaban J connectivity index is 0.00000300. The number of nitrogens with one attached hydrogen (secondary N) is 2. The van der Waals surface area contributed by atoms with Crippen LogP contribution in [-0.2, 0) is 11.3 Å². The number of halogens is 1. The van der Waals surface area contributed by atoms with Crippen LogP contribution in [0.4, 0.5) is 0 Å². The molecular formula is C21H31IN4O3. The third-order valence-electron chi connectivity index (χ3n) is 4.46. The summed E-state index contributed by atoms with van der Waals surface area (Å²) >= 11 is 0. The summed E-state index contributed by atoms with van der Waals surface area (Å²) in [5.74, 6) is 1.92. The minimum absolute atomic E-state index is 0. The molecule has 0 saturated heterocycles. The van der Waals surface area contributed by atoms with Crippen molar-refractivity contribution in [2.45, 2.75) is 39.3 Å². The predicted octanol–water partition coefficient (Wildman–Crippen LogP) is 3.11. The maximum Gasteiger partial charge on any atom is 0.226 e. The summed E-state index contributed by atoms with van der Waals surface area (Å²) in [7, 11) is 0. The van der Waals surface area contributed by atoms with Crippen LogP contribution in [0, 0.1) is 12.8 Å². The lowest BCUT2D eigenvalue weighted by atomic mass is 10.1. The molecule has 0 aliphatic heterocycles. The van der Waals surface area contributed by atoms with E-state index in [4.69, 9.17) is 9.15 Å². The average molecular weight is 514 g/mol. The number of nitrogens with zero attached hydrogens (tertiary/aromatic N) is 2. The Morgan fingerprint density at radius 3 is 2.76 bits per heavy atom. The number of rotatable bonds is 10. The molecule has 1 fully saturated rings. The maximum absolute atomic E-state index is 10.0. The second kappa shape index (κ2) is 12.1. The summed E-state index contributed by atoms with van der Waals surface area (Å²) in [5.41, 5.74) is 2.89. The number of aromatic nitrogens is 1. The molecule has 1 atom stereocenters. The zero-order valence-corrected chi connectivity index (χ0v) is 19.4. The first kappa shape index (κ1) is 23.6. The molecular weight excluding hydrogens is 483 g/mol. The molecule has 1 aliphatic carbocycles. The lowest BCUT2D eigenvalue weighted by Gasteiger charge is -2.15. The van der Waals surface area contributed by atoms with E-state index < -0.39 is 6.10 Å². The first-order valence-corrected chi connectivity index (χ1v) is 9.93. The van der Waals surface area contributed by atoms with Gasteiger partial charge in [0.25, 0.3) is 0 Å². The molecule has 1 aliphatic rings. The number of aliphatic hydroxyl groups excluding tert-OH is 1. The topological polar surface area (TPSA) is 91.9 Å². The lowest BCUT2D eigenvalue weighted by Crippen LogP contribution is -2.42. The van der Waals surface area contributed by atoms with Crippen LogP contribution in [0.2, 0.25) is 0 Å². The van der Waals surface area contributed by atoms with E-state index >= 15 is 0 Å². The molecule has 1 aromatic carbocycles. The molecule has 8 heteroatoms. The Bertz CT molecular complexity index is 760. The predicted molar refractivity (Wildman–Crippen MR) is 124 cm³/mol. The van der Waals surface area contributed by atoms with Gasteiger partial charge in [-0.15, -0.1) is 24.0 Å². The first-order valence-electron chi connectivity index (χ1n) is 9.93.